The maximum absolute atomic E-state index is 14.3. The van der Waals surface area contributed by atoms with Crippen LogP contribution in [0, 0.1) is 0 Å². The molecule has 2 aliphatic rings. The first-order valence-corrected chi connectivity index (χ1v) is 15.3. The summed E-state index contributed by atoms with van der Waals surface area (Å²) in [6, 6.07) is 13.7. The third-order valence-electron chi connectivity index (χ3n) is 7.32. The molecule has 204 valence electrons. The molecular weight excluding hydrogens is 559 g/mol. The van der Waals surface area contributed by atoms with E-state index in [9.17, 15) is 18.0 Å². The van der Waals surface area contributed by atoms with Crippen molar-refractivity contribution < 1.29 is 18.0 Å². The van der Waals surface area contributed by atoms with E-state index in [2.05, 4.69) is 15.0 Å². The zero-order valence-electron chi connectivity index (χ0n) is 21.2. The molecule has 0 spiro atoms. The normalized spacial score (nSPS) is 23.3. The average molecular weight is 588 g/mol. The van der Waals surface area contributed by atoms with Gasteiger partial charge in [0.25, 0.3) is 5.91 Å². The number of nitrogens with one attached hydrogen (secondary N) is 2. The van der Waals surface area contributed by atoms with Gasteiger partial charge in [-0.05, 0) is 54.3 Å². The zero-order valence-corrected chi connectivity index (χ0v) is 23.5. The number of rotatable bonds is 6. The molecule has 1 saturated carbocycles. The Bertz CT molecular complexity index is 1500. The van der Waals surface area contributed by atoms with Crippen LogP contribution in [0.4, 0.5) is 5.69 Å². The second-order valence-electron chi connectivity index (χ2n) is 9.97. The number of halogens is 2. The first-order chi connectivity index (χ1) is 18.6. The van der Waals surface area contributed by atoms with Gasteiger partial charge in [0, 0.05) is 33.9 Å². The van der Waals surface area contributed by atoms with Gasteiger partial charge in [0.15, 0.2) is 0 Å². The Hall–Kier alpha value is -2.98. The Labute approximate surface area is 237 Å². The first kappa shape index (κ1) is 27.6. The smallest absolute Gasteiger partial charge is 0.255 e. The number of fused-ring (bicyclic) bond motifs is 1. The number of pyridine rings is 1. The number of nitrogens with zero attached hydrogens (tertiary/aromatic N) is 2. The van der Waals surface area contributed by atoms with Crippen LogP contribution >= 0.6 is 23.2 Å². The first-order valence-electron chi connectivity index (χ1n) is 12.7. The highest BCUT2D eigenvalue weighted by molar-refractivity contribution is 7.88. The maximum atomic E-state index is 14.3. The molecule has 5 rings (SSSR count). The second kappa shape index (κ2) is 11.3. The summed E-state index contributed by atoms with van der Waals surface area (Å²) in [5, 5.41) is 3.68. The van der Waals surface area contributed by atoms with Crippen LogP contribution in [0.5, 0.6) is 0 Å². The van der Waals surface area contributed by atoms with Crippen LogP contribution in [-0.4, -0.2) is 48.5 Å². The Balaban J connectivity index is 1.70. The molecule has 0 unspecified atom stereocenters. The SMILES string of the molecule is CS(=O)(=O)N[C@H]1CCCC[C@@H]1N1C(=O)c2ccccc2[C@@H](C(=O)Nc2cccnc2)[C@@H]1c1ccc(Cl)cc1Cl. The Morgan fingerprint density at radius 3 is 2.51 bits per heavy atom. The largest absolute Gasteiger partial charge is 0.326 e. The lowest BCUT2D eigenvalue weighted by molar-refractivity contribution is -0.119. The summed E-state index contributed by atoms with van der Waals surface area (Å²) < 4.78 is 27.4. The fourth-order valence-corrected chi connectivity index (χ4v) is 7.13. The molecule has 2 aromatic carbocycles. The van der Waals surface area contributed by atoms with Crippen LogP contribution in [0.25, 0.3) is 0 Å². The molecule has 2 amide bonds. The highest BCUT2D eigenvalue weighted by atomic mass is 35.5. The number of hydrogen-bond donors (Lipinski definition) is 2. The van der Waals surface area contributed by atoms with Gasteiger partial charge < -0.3 is 10.2 Å². The summed E-state index contributed by atoms with van der Waals surface area (Å²) in [6.45, 7) is 0. The summed E-state index contributed by atoms with van der Waals surface area (Å²) >= 11 is 13.0. The summed E-state index contributed by atoms with van der Waals surface area (Å²) in [4.78, 5) is 34.1. The number of benzene rings is 2. The molecule has 0 saturated heterocycles. The van der Waals surface area contributed by atoms with Crippen LogP contribution in [0.1, 0.15) is 59.1 Å². The van der Waals surface area contributed by atoms with Gasteiger partial charge in [0.1, 0.15) is 0 Å². The van der Waals surface area contributed by atoms with Crippen molar-refractivity contribution in [2.75, 3.05) is 11.6 Å². The summed E-state index contributed by atoms with van der Waals surface area (Å²) in [6.07, 6.45) is 7.04. The van der Waals surface area contributed by atoms with Crippen LogP contribution in [0.15, 0.2) is 67.0 Å². The zero-order chi connectivity index (χ0) is 27.7. The molecule has 1 fully saturated rings. The number of aromatic nitrogens is 1. The Morgan fingerprint density at radius 1 is 1.03 bits per heavy atom. The fraction of sp³-hybridized carbons (Fsp3) is 0.321. The molecule has 2 heterocycles. The molecule has 8 nitrogen and oxygen atoms in total. The third kappa shape index (κ3) is 5.82. The van der Waals surface area contributed by atoms with E-state index >= 15 is 0 Å². The monoisotopic (exact) mass is 586 g/mol. The molecule has 1 aliphatic heterocycles. The van der Waals surface area contributed by atoms with Gasteiger partial charge in [0.05, 0.1) is 30.1 Å². The Morgan fingerprint density at radius 2 is 1.79 bits per heavy atom. The fourth-order valence-electron chi connectivity index (χ4n) is 5.78. The lowest BCUT2D eigenvalue weighted by atomic mass is 9.76. The highest BCUT2D eigenvalue weighted by Gasteiger charge is 2.49. The molecule has 0 bridgehead atoms. The predicted molar refractivity (Wildman–Crippen MR) is 151 cm³/mol. The van der Waals surface area contributed by atoms with Gasteiger partial charge >= 0.3 is 0 Å². The molecule has 3 aromatic rings. The minimum absolute atomic E-state index is 0.278. The number of sulfonamides is 1. The van der Waals surface area contributed by atoms with Gasteiger partial charge in [-0.3, -0.25) is 14.6 Å². The number of amides is 2. The average Bonchev–Trinajstić information content (AvgIpc) is 2.89. The highest BCUT2D eigenvalue weighted by Crippen LogP contribution is 2.48. The second-order valence-corrected chi connectivity index (χ2v) is 12.6. The topological polar surface area (TPSA) is 108 Å². The van der Waals surface area contributed by atoms with E-state index in [1.165, 1.54) is 0 Å². The van der Waals surface area contributed by atoms with Gasteiger partial charge in [-0.15, -0.1) is 0 Å². The lowest BCUT2D eigenvalue weighted by Crippen LogP contribution is -2.58. The minimum Gasteiger partial charge on any atom is -0.326 e. The van der Waals surface area contributed by atoms with E-state index in [1.54, 1.807) is 71.9 Å². The van der Waals surface area contributed by atoms with Gasteiger partial charge in [0.2, 0.25) is 15.9 Å². The molecule has 1 aromatic heterocycles. The number of carbonyl (C=O) groups excluding carboxylic acids is 2. The van der Waals surface area contributed by atoms with Crippen molar-refractivity contribution in [3.63, 3.8) is 0 Å². The number of hydrogen-bond acceptors (Lipinski definition) is 5. The molecule has 39 heavy (non-hydrogen) atoms. The van der Waals surface area contributed by atoms with Gasteiger partial charge in [-0.25, -0.2) is 13.1 Å². The molecular formula is C28H28Cl2N4O4S. The summed E-state index contributed by atoms with van der Waals surface area (Å²) in [5.74, 6) is -1.47. The van der Waals surface area contributed by atoms with E-state index in [1.807, 2.05) is 0 Å². The van der Waals surface area contributed by atoms with Crippen LogP contribution < -0.4 is 10.0 Å². The number of carbonyl (C=O) groups is 2. The number of anilines is 1. The van der Waals surface area contributed by atoms with Gasteiger partial charge in [-0.2, -0.15) is 0 Å². The van der Waals surface area contributed by atoms with Crippen molar-refractivity contribution in [2.24, 2.45) is 0 Å². The quantitative estimate of drug-likeness (QED) is 0.414. The van der Waals surface area contributed by atoms with E-state index < -0.39 is 34.1 Å². The van der Waals surface area contributed by atoms with Crippen molar-refractivity contribution in [3.05, 3.63) is 93.7 Å². The van der Waals surface area contributed by atoms with Crippen molar-refractivity contribution in [2.45, 2.75) is 49.7 Å². The standard InChI is InChI=1S/C28H28Cl2N4O4S/c1-39(37,38)33-23-10-4-5-11-24(23)34-26(21-13-12-17(29)15-22(21)30)25(19-8-2-3-9-20(19)28(34)36)27(35)32-18-7-6-14-31-16-18/h2-3,6-9,12-16,23-26,33H,4-5,10-11H2,1H3,(H,32,35)/t23-,24-,25+,26-/m0/s1. The van der Waals surface area contributed by atoms with Crippen LogP contribution in [-0.2, 0) is 14.8 Å². The van der Waals surface area contributed by atoms with E-state index in [0.717, 1.165) is 19.1 Å². The van der Waals surface area contributed by atoms with Crippen LogP contribution in [0.3, 0.4) is 0 Å². The van der Waals surface area contributed by atoms with Crippen molar-refractivity contribution in [1.82, 2.24) is 14.6 Å². The summed E-state index contributed by atoms with van der Waals surface area (Å²) in [7, 11) is -3.56. The van der Waals surface area contributed by atoms with Crippen molar-refractivity contribution >= 4 is 50.7 Å². The van der Waals surface area contributed by atoms with E-state index in [0.29, 0.717) is 45.3 Å². The predicted octanol–water partition coefficient (Wildman–Crippen LogP) is 5.17. The Kier molecular flexibility index (Phi) is 7.96. The molecule has 0 radical (unpaired) electrons. The third-order valence-corrected chi connectivity index (χ3v) is 8.61. The van der Waals surface area contributed by atoms with E-state index in [4.69, 9.17) is 23.2 Å². The van der Waals surface area contributed by atoms with Crippen molar-refractivity contribution in [1.29, 1.82) is 0 Å². The van der Waals surface area contributed by atoms with Gasteiger partial charge in [-0.1, -0.05) is 60.3 Å². The summed E-state index contributed by atoms with van der Waals surface area (Å²) in [5.41, 5.74) is 2.03. The molecule has 11 heteroatoms. The molecule has 2 N–H and O–H groups in total. The van der Waals surface area contributed by atoms with Crippen LogP contribution in [0.2, 0.25) is 10.0 Å². The minimum atomic E-state index is -3.56. The van der Waals surface area contributed by atoms with Crippen molar-refractivity contribution in [3.8, 4) is 0 Å². The lowest BCUT2D eigenvalue weighted by Gasteiger charge is -2.49. The maximum Gasteiger partial charge on any atom is 0.255 e. The van der Waals surface area contributed by atoms with E-state index in [-0.39, 0.29) is 11.8 Å². The molecule has 4 atom stereocenters. The molecule has 1 aliphatic carbocycles.